The van der Waals surface area contributed by atoms with Gasteiger partial charge in [0, 0.05) is 5.92 Å². The first-order valence-corrected chi connectivity index (χ1v) is 11.9. The van der Waals surface area contributed by atoms with E-state index in [0.29, 0.717) is 12.8 Å². The lowest BCUT2D eigenvalue weighted by molar-refractivity contribution is -0.131. The number of amides is 2. The van der Waals surface area contributed by atoms with E-state index in [1.165, 1.54) is 5.01 Å². The Morgan fingerprint density at radius 3 is 2.43 bits per heavy atom. The van der Waals surface area contributed by atoms with Gasteiger partial charge in [-0.15, -0.1) is 0 Å². The van der Waals surface area contributed by atoms with Crippen LogP contribution >= 0.6 is 0 Å². The van der Waals surface area contributed by atoms with Crippen molar-refractivity contribution in [3.8, 4) is 0 Å². The topological polar surface area (TPSA) is 113 Å². The molecule has 0 spiro atoms. The van der Waals surface area contributed by atoms with Crippen molar-refractivity contribution in [2.75, 3.05) is 0 Å². The summed E-state index contributed by atoms with van der Waals surface area (Å²) in [4.78, 5) is 37.3. The van der Waals surface area contributed by atoms with Gasteiger partial charge >= 0.3 is 0 Å². The summed E-state index contributed by atoms with van der Waals surface area (Å²) in [7, 11) is -3.63. The number of hydrogen-bond acceptors (Lipinski definition) is 6. The van der Waals surface area contributed by atoms with Gasteiger partial charge in [0.05, 0.1) is 24.1 Å². The second-order valence-corrected chi connectivity index (χ2v) is 10.8. The Morgan fingerprint density at radius 2 is 1.71 bits per heavy atom. The van der Waals surface area contributed by atoms with Crippen molar-refractivity contribution in [3.05, 3.63) is 0 Å². The van der Waals surface area contributed by atoms with Gasteiger partial charge in [-0.2, -0.15) is 5.10 Å². The molecule has 1 saturated heterocycles. The van der Waals surface area contributed by atoms with Crippen LogP contribution in [0.15, 0.2) is 5.10 Å². The first kappa shape index (κ1) is 19.5. The van der Waals surface area contributed by atoms with Crippen molar-refractivity contribution in [2.45, 2.75) is 87.2 Å². The molecular weight excluding hydrogens is 382 g/mol. The van der Waals surface area contributed by atoms with E-state index >= 15 is 0 Å². The predicted octanol–water partition coefficient (Wildman–Crippen LogP) is 1.30. The zero-order chi connectivity index (χ0) is 19.9. The summed E-state index contributed by atoms with van der Waals surface area (Å²) in [5.74, 6) is -1.21. The van der Waals surface area contributed by atoms with Crippen LogP contribution in [-0.4, -0.2) is 53.4 Å². The number of amidine groups is 1. The third kappa shape index (κ3) is 3.49. The smallest absolute Gasteiger partial charge is 0.250 e. The van der Waals surface area contributed by atoms with E-state index in [9.17, 15) is 22.8 Å². The van der Waals surface area contributed by atoms with Crippen LogP contribution in [0.4, 0.5) is 0 Å². The van der Waals surface area contributed by atoms with Crippen LogP contribution in [0.3, 0.4) is 0 Å². The number of Topliss-reactive ketones (excluding diaryl/α,β-unsaturated/α-hetero) is 1. The molecule has 2 saturated carbocycles. The normalized spacial score (nSPS) is 32.9. The molecule has 0 aromatic rings. The van der Waals surface area contributed by atoms with Crippen LogP contribution in [0.1, 0.15) is 70.6 Å². The van der Waals surface area contributed by atoms with Crippen molar-refractivity contribution in [1.82, 2.24) is 10.3 Å². The van der Waals surface area contributed by atoms with Gasteiger partial charge < -0.3 is 5.32 Å². The first-order valence-electron chi connectivity index (χ1n) is 10.3. The molecule has 2 aliphatic heterocycles. The molecule has 0 aromatic carbocycles. The van der Waals surface area contributed by atoms with Gasteiger partial charge in [-0.1, -0.05) is 32.1 Å². The Labute approximate surface area is 165 Å². The fourth-order valence-electron chi connectivity index (χ4n) is 5.15. The third-order valence-corrected chi connectivity index (χ3v) is 9.18. The molecule has 0 bridgehead atoms. The molecule has 0 radical (unpaired) electrons. The predicted molar refractivity (Wildman–Crippen MR) is 102 cm³/mol. The minimum atomic E-state index is -3.63. The highest BCUT2D eigenvalue weighted by molar-refractivity contribution is 7.94. The second kappa shape index (κ2) is 7.57. The fourth-order valence-corrected chi connectivity index (χ4v) is 7.68. The second-order valence-electron chi connectivity index (χ2n) is 8.42. The van der Waals surface area contributed by atoms with Crippen LogP contribution in [0.2, 0.25) is 0 Å². The first-order chi connectivity index (χ1) is 13.4. The molecule has 8 nitrogen and oxygen atoms in total. The summed E-state index contributed by atoms with van der Waals surface area (Å²) < 4.78 is 25.5. The fraction of sp³-hybridized carbons (Fsp3) is 0.789. The number of sulfone groups is 1. The number of hydrogen-bond donors (Lipinski definition) is 1. The summed E-state index contributed by atoms with van der Waals surface area (Å²) in [6.45, 7) is 0. The average molecular weight is 410 g/mol. The molecule has 3 fully saturated rings. The lowest BCUT2D eigenvalue weighted by Crippen LogP contribution is -2.36. The minimum Gasteiger partial charge on any atom is -0.312 e. The zero-order valence-electron chi connectivity index (χ0n) is 15.9. The van der Waals surface area contributed by atoms with Gasteiger partial charge in [0.15, 0.2) is 15.6 Å². The molecule has 3 unspecified atom stereocenters. The minimum absolute atomic E-state index is 0.0128. The maximum absolute atomic E-state index is 12.7. The number of fused-ring (bicyclic) bond motifs is 1. The molecule has 4 rings (SSSR count). The Morgan fingerprint density at radius 1 is 1.04 bits per heavy atom. The van der Waals surface area contributed by atoms with Gasteiger partial charge in [-0.25, -0.2) is 13.4 Å². The van der Waals surface area contributed by atoms with Crippen LogP contribution in [0, 0.1) is 5.92 Å². The molecular formula is C19H27N3O5S. The van der Waals surface area contributed by atoms with Crippen molar-refractivity contribution in [2.24, 2.45) is 11.0 Å². The van der Waals surface area contributed by atoms with Gasteiger partial charge in [0.2, 0.25) is 5.91 Å². The zero-order valence-corrected chi connectivity index (χ0v) is 16.7. The third-order valence-electron chi connectivity index (χ3n) is 6.58. The van der Waals surface area contributed by atoms with Crippen molar-refractivity contribution in [1.29, 1.82) is 0 Å². The van der Waals surface area contributed by atoms with E-state index in [-0.39, 0.29) is 36.4 Å². The molecule has 154 valence electrons. The number of rotatable bonds is 3. The molecule has 2 heterocycles. The monoisotopic (exact) mass is 409 g/mol. The number of carbonyl (C=O) groups is 3. The molecule has 0 aromatic heterocycles. The maximum Gasteiger partial charge on any atom is 0.250 e. The quantitative estimate of drug-likeness (QED) is 0.755. The van der Waals surface area contributed by atoms with Crippen molar-refractivity contribution >= 4 is 33.3 Å². The number of nitrogens with zero attached hydrogens (tertiary/aromatic N) is 2. The highest BCUT2D eigenvalue weighted by Crippen LogP contribution is 2.40. The van der Waals surface area contributed by atoms with E-state index in [2.05, 4.69) is 10.4 Å². The summed E-state index contributed by atoms with van der Waals surface area (Å²) >= 11 is 0. The molecule has 4 aliphatic rings. The lowest BCUT2D eigenvalue weighted by Gasteiger charge is -2.27. The molecule has 2 aliphatic carbocycles. The van der Waals surface area contributed by atoms with E-state index in [0.717, 1.165) is 44.9 Å². The van der Waals surface area contributed by atoms with Crippen LogP contribution in [0.5, 0.6) is 0 Å². The van der Waals surface area contributed by atoms with Gasteiger partial charge in [-0.05, 0) is 25.7 Å². The highest BCUT2D eigenvalue weighted by Gasteiger charge is 2.54. The van der Waals surface area contributed by atoms with Gasteiger partial charge in [0.1, 0.15) is 11.1 Å². The van der Waals surface area contributed by atoms with E-state index in [1.54, 1.807) is 0 Å². The van der Waals surface area contributed by atoms with Crippen LogP contribution in [-0.2, 0) is 24.2 Å². The highest BCUT2D eigenvalue weighted by atomic mass is 32.2. The SMILES string of the molecule is O=C(CC1C(=O)C2CCCCC2S1(=O)=O)NC1=NN(C2CCCCC2)C(=O)C1. The molecule has 28 heavy (non-hydrogen) atoms. The average Bonchev–Trinajstić information content (AvgIpc) is 3.13. The number of ketones is 1. The maximum atomic E-state index is 12.7. The number of carbonyl (C=O) groups excluding carboxylic acids is 3. The molecule has 3 atom stereocenters. The Balaban J connectivity index is 1.40. The molecule has 1 N–H and O–H groups in total. The van der Waals surface area contributed by atoms with Crippen molar-refractivity contribution < 1.29 is 22.8 Å². The Hall–Kier alpha value is -1.77. The Kier molecular flexibility index (Phi) is 5.28. The molecule has 2 amide bonds. The van der Waals surface area contributed by atoms with E-state index < -0.39 is 32.2 Å². The summed E-state index contributed by atoms with van der Waals surface area (Å²) in [5, 5.41) is 6.44. The number of nitrogens with one attached hydrogen (secondary N) is 1. The summed E-state index contributed by atoms with van der Waals surface area (Å²) in [5.41, 5.74) is 0. The van der Waals surface area contributed by atoms with E-state index in [1.807, 2.05) is 0 Å². The standard InChI is InChI=1S/C19H27N3O5S/c23-17(10-15-19(25)13-8-4-5-9-14(13)28(15,26)27)20-16-11-18(24)22(21-16)12-6-2-1-3-7-12/h12-15H,1-11H2,(H,20,21,23). The van der Waals surface area contributed by atoms with Crippen LogP contribution < -0.4 is 5.32 Å². The molecule has 9 heteroatoms. The van der Waals surface area contributed by atoms with Crippen LogP contribution in [0.25, 0.3) is 0 Å². The lowest BCUT2D eigenvalue weighted by atomic mass is 9.85. The van der Waals surface area contributed by atoms with Crippen molar-refractivity contribution in [3.63, 3.8) is 0 Å². The Bertz CT molecular complexity index is 815. The van der Waals surface area contributed by atoms with Gasteiger partial charge in [0.25, 0.3) is 5.91 Å². The largest absolute Gasteiger partial charge is 0.312 e. The van der Waals surface area contributed by atoms with E-state index in [4.69, 9.17) is 0 Å². The number of hydrazone groups is 1. The van der Waals surface area contributed by atoms with Gasteiger partial charge in [-0.3, -0.25) is 14.4 Å². The summed E-state index contributed by atoms with van der Waals surface area (Å²) in [6.07, 6.45) is 7.52. The summed E-state index contributed by atoms with van der Waals surface area (Å²) in [6, 6.07) is 0.0792.